The van der Waals surface area contributed by atoms with Crippen LogP contribution >= 0.6 is 11.3 Å². The molecule has 3 aromatic rings. The van der Waals surface area contributed by atoms with Gasteiger partial charge in [0, 0.05) is 35.7 Å². The van der Waals surface area contributed by atoms with Crippen LogP contribution in [0.4, 0.5) is 16.5 Å². The molecule has 1 fully saturated rings. The molecule has 8 nitrogen and oxygen atoms in total. The van der Waals surface area contributed by atoms with Crippen molar-refractivity contribution in [1.82, 2.24) is 4.98 Å². The minimum atomic E-state index is -0.437. The summed E-state index contributed by atoms with van der Waals surface area (Å²) in [4.78, 5) is 30.6. The number of para-hydroxylation sites is 1. The minimum absolute atomic E-state index is 0.0546. The number of rotatable bonds is 6. The van der Waals surface area contributed by atoms with Crippen molar-refractivity contribution in [3.05, 3.63) is 63.5 Å². The van der Waals surface area contributed by atoms with Crippen molar-refractivity contribution < 1.29 is 14.5 Å². The monoisotopic (exact) mass is 452 g/mol. The van der Waals surface area contributed by atoms with E-state index in [-0.39, 0.29) is 11.3 Å². The fraction of sp³-hybridized carbons (Fsp3) is 0.304. The molecule has 1 N–H and O–H groups in total. The van der Waals surface area contributed by atoms with Gasteiger partial charge in [0.1, 0.15) is 11.4 Å². The summed E-state index contributed by atoms with van der Waals surface area (Å²) in [6.07, 6.45) is 2.00. The second-order valence-corrected chi connectivity index (χ2v) is 8.68. The Morgan fingerprint density at radius 2 is 2.00 bits per heavy atom. The van der Waals surface area contributed by atoms with Gasteiger partial charge in [-0.1, -0.05) is 19.1 Å². The molecule has 0 spiro atoms. The lowest BCUT2D eigenvalue weighted by molar-refractivity contribution is -0.384. The molecule has 0 bridgehead atoms. The van der Waals surface area contributed by atoms with Crippen molar-refractivity contribution in [2.75, 3.05) is 30.4 Å². The first-order valence-electron chi connectivity index (χ1n) is 10.4. The molecule has 0 radical (unpaired) electrons. The predicted molar refractivity (Wildman–Crippen MR) is 126 cm³/mol. The number of hydrogen-bond acceptors (Lipinski definition) is 7. The summed E-state index contributed by atoms with van der Waals surface area (Å²) in [6, 6.07) is 12.1. The van der Waals surface area contributed by atoms with E-state index in [2.05, 4.69) is 17.2 Å². The normalized spacial score (nSPS) is 14.2. The number of carbonyl (C=O) groups is 1. The van der Waals surface area contributed by atoms with Crippen LogP contribution in [0.2, 0.25) is 0 Å². The van der Waals surface area contributed by atoms with Gasteiger partial charge in [-0.15, -0.1) is 11.3 Å². The number of nitro benzene ring substituents is 1. The minimum Gasteiger partial charge on any atom is -0.496 e. The number of anilines is 2. The van der Waals surface area contributed by atoms with Gasteiger partial charge >= 0.3 is 0 Å². The van der Waals surface area contributed by atoms with E-state index in [1.165, 1.54) is 17.4 Å². The van der Waals surface area contributed by atoms with Crippen molar-refractivity contribution in [1.29, 1.82) is 0 Å². The second-order valence-electron chi connectivity index (χ2n) is 7.82. The average molecular weight is 453 g/mol. The molecular weight excluding hydrogens is 428 g/mol. The third-order valence-electron chi connectivity index (χ3n) is 5.67. The maximum atomic E-state index is 12.8. The van der Waals surface area contributed by atoms with E-state index in [1.807, 2.05) is 34.5 Å². The Bertz CT molecular complexity index is 1140. The Morgan fingerprint density at radius 1 is 1.25 bits per heavy atom. The van der Waals surface area contributed by atoms with Gasteiger partial charge in [-0.25, -0.2) is 4.98 Å². The number of aromatic nitrogens is 1. The van der Waals surface area contributed by atoms with E-state index >= 15 is 0 Å². The summed E-state index contributed by atoms with van der Waals surface area (Å²) in [5, 5.41) is 16.7. The zero-order valence-corrected chi connectivity index (χ0v) is 18.7. The standard InChI is InChI=1S/C23H24N4O4S/c1-15-9-11-26(12-10-15)19-8-7-16(13-20(19)27(29)30)22(28)25-23-24-18(14-32-23)17-5-3-4-6-21(17)31-2/h3-8,13-15H,9-12H2,1-2H3,(H,24,25,28). The van der Waals surface area contributed by atoms with Crippen molar-refractivity contribution in [3.63, 3.8) is 0 Å². The summed E-state index contributed by atoms with van der Waals surface area (Å²) < 4.78 is 5.37. The molecule has 1 aliphatic rings. The van der Waals surface area contributed by atoms with Gasteiger partial charge in [0.05, 0.1) is 17.7 Å². The molecule has 0 aliphatic carbocycles. The zero-order valence-electron chi connectivity index (χ0n) is 17.9. The number of nitrogens with one attached hydrogen (secondary N) is 1. The van der Waals surface area contributed by atoms with Crippen molar-refractivity contribution in [3.8, 4) is 17.0 Å². The van der Waals surface area contributed by atoms with Gasteiger partial charge in [0.15, 0.2) is 5.13 Å². The SMILES string of the molecule is COc1ccccc1-c1csc(NC(=O)c2ccc(N3CCC(C)CC3)c([N+](=O)[O-])c2)n1. The molecule has 32 heavy (non-hydrogen) atoms. The Balaban J connectivity index is 1.53. The number of ether oxygens (including phenoxy) is 1. The summed E-state index contributed by atoms with van der Waals surface area (Å²) in [7, 11) is 1.59. The van der Waals surface area contributed by atoms with Crippen LogP contribution in [0.5, 0.6) is 5.75 Å². The molecule has 1 saturated heterocycles. The highest BCUT2D eigenvalue weighted by molar-refractivity contribution is 7.14. The van der Waals surface area contributed by atoms with Crippen LogP contribution in [0.15, 0.2) is 47.8 Å². The van der Waals surface area contributed by atoms with Gasteiger partial charge in [0.2, 0.25) is 0 Å². The van der Waals surface area contributed by atoms with Gasteiger partial charge in [-0.3, -0.25) is 20.2 Å². The van der Waals surface area contributed by atoms with Crippen molar-refractivity contribution >= 4 is 33.8 Å². The van der Waals surface area contributed by atoms with Crippen LogP contribution in [0.1, 0.15) is 30.1 Å². The Morgan fingerprint density at radius 3 is 2.72 bits per heavy atom. The fourth-order valence-corrected chi connectivity index (χ4v) is 4.51. The van der Waals surface area contributed by atoms with Crippen LogP contribution in [0.3, 0.4) is 0 Å². The lowest BCUT2D eigenvalue weighted by atomic mass is 9.98. The lowest BCUT2D eigenvalue weighted by Gasteiger charge is -2.31. The van der Waals surface area contributed by atoms with E-state index in [0.717, 1.165) is 31.5 Å². The van der Waals surface area contributed by atoms with E-state index in [9.17, 15) is 14.9 Å². The zero-order chi connectivity index (χ0) is 22.7. The van der Waals surface area contributed by atoms with Gasteiger partial charge in [-0.2, -0.15) is 0 Å². The molecule has 1 aromatic heterocycles. The van der Waals surface area contributed by atoms with E-state index in [1.54, 1.807) is 19.2 Å². The number of piperidine rings is 1. The highest BCUT2D eigenvalue weighted by Gasteiger charge is 2.25. The van der Waals surface area contributed by atoms with Crippen molar-refractivity contribution in [2.24, 2.45) is 5.92 Å². The summed E-state index contributed by atoms with van der Waals surface area (Å²) >= 11 is 1.28. The molecule has 0 saturated carbocycles. The first-order valence-corrected chi connectivity index (χ1v) is 11.3. The molecule has 2 aromatic carbocycles. The van der Waals surface area contributed by atoms with Crippen LogP contribution in [0, 0.1) is 16.0 Å². The summed E-state index contributed by atoms with van der Waals surface area (Å²) in [6.45, 7) is 3.74. The molecule has 0 atom stereocenters. The number of hydrogen-bond donors (Lipinski definition) is 1. The number of amides is 1. The molecule has 0 unspecified atom stereocenters. The van der Waals surface area contributed by atoms with Crippen LogP contribution in [0.25, 0.3) is 11.3 Å². The first kappa shape index (κ1) is 21.8. The number of thiazole rings is 1. The quantitative estimate of drug-likeness (QED) is 0.407. The topological polar surface area (TPSA) is 97.6 Å². The third-order valence-corrected chi connectivity index (χ3v) is 6.42. The highest BCUT2D eigenvalue weighted by atomic mass is 32.1. The number of nitrogens with zero attached hydrogens (tertiary/aromatic N) is 3. The number of benzene rings is 2. The van der Waals surface area contributed by atoms with Crippen LogP contribution in [-0.4, -0.2) is 36.0 Å². The van der Waals surface area contributed by atoms with E-state index in [0.29, 0.717) is 28.2 Å². The first-order chi connectivity index (χ1) is 15.5. The molecule has 9 heteroatoms. The Labute approximate surface area is 190 Å². The predicted octanol–water partition coefficient (Wildman–Crippen LogP) is 5.22. The van der Waals surface area contributed by atoms with E-state index < -0.39 is 10.8 Å². The Kier molecular flexibility index (Phi) is 6.36. The molecule has 1 aliphatic heterocycles. The van der Waals surface area contributed by atoms with Gasteiger partial charge in [0.25, 0.3) is 11.6 Å². The molecule has 166 valence electrons. The molecule has 4 rings (SSSR count). The van der Waals surface area contributed by atoms with Crippen LogP contribution in [-0.2, 0) is 0 Å². The van der Waals surface area contributed by atoms with E-state index in [4.69, 9.17) is 4.74 Å². The third kappa shape index (κ3) is 4.57. The van der Waals surface area contributed by atoms with Crippen LogP contribution < -0.4 is 15.0 Å². The second kappa shape index (κ2) is 9.35. The fourth-order valence-electron chi connectivity index (χ4n) is 3.81. The van der Waals surface area contributed by atoms with Gasteiger partial charge < -0.3 is 9.64 Å². The summed E-state index contributed by atoms with van der Waals surface area (Å²) in [5.41, 5.74) is 2.23. The van der Waals surface area contributed by atoms with Crippen molar-refractivity contribution in [2.45, 2.75) is 19.8 Å². The molecular formula is C23H24N4O4S. The number of carbonyl (C=O) groups excluding carboxylic acids is 1. The molecule has 2 heterocycles. The largest absolute Gasteiger partial charge is 0.496 e. The highest BCUT2D eigenvalue weighted by Crippen LogP contribution is 2.34. The Hall–Kier alpha value is -3.46. The molecule has 1 amide bonds. The maximum Gasteiger partial charge on any atom is 0.293 e. The lowest BCUT2D eigenvalue weighted by Crippen LogP contribution is -2.33. The number of nitro groups is 1. The smallest absolute Gasteiger partial charge is 0.293 e. The van der Waals surface area contributed by atoms with Gasteiger partial charge in [-0.05, 0) is 43.0 Å². The summed E-state index contributed by atoms with van der Waals surface area (Å²) in [5.74, 6) is 0.872. The number of methoxy groups -OCH3 is 1. The maximum absolute atomic E-state index is 12.8. The average Bonchev–Trinajstić information content (AvgIpc) is 3.27.